The molecule has 22 heavy (non-hydrogen) atoms. The van der Waals surface area contributed by atoms with Crippen LogP contribution in [-0.4, -0.2) is 13.5 Å². The van der Waals surface area contributed by atoms with Gasteiger partial charge in [0.2, 0.25) is 0 Å². The van der Waals surface area contributed by atoms with Crippen molar-refractivity contribution in [3.63, 3.8) is 0 Å². The van der Waals surface area contributed by atoms with Gasteiger partial charge in [-0.15, -0.1) is 11.3 Å². The molecule has 0 aliphatic carbocycles. The zero-order chi connectivity index (χ0) is 15.7. The van der Waals surface area contributed by atoms with Crippen molar-refractivity contribution in [2.45, 2.75) is 17.6 Å². The molecule has 0 aliphatic heterocycles. The summed E-state index contributed by atoms with van der Waals surface area (Å²) >= 11 is 1.27. The van der Waals surface area contributed by atoms with Crippen LogP contribution in [0.2, 0.25) is 0 Å². The van der Waals surface area contributed by atoms with Crippen molar-refractivity contribution in [2.24, 2.45) is 0 Å². The molecule has 0 spiro atoms. The van der Waals surface area contributed by atoms with E-state index in [1.165, 1.54) is 11.3 Å². The fraction of sp³-hybridized carbons (Fsp3) is 0.125. The maximum atomic E-state index is 12.5. The van der Waals surface area contributed by atoms with Gasteiger partial charge in [0.25, 0.3) is 10.0 Å². The van der Waals surface area contributed by atoms with E-state index in [9.17, 15) is 13.5 Å². The first-order chi connectivity index (χ1) is 10.5. The number of aromatic hydroxyl groups is 1. The van der Waals surface area contributed by atoms with Crippen LogP contribution < -0.4 is 4.72 Å². The first-order valence-electron chi connectivity index (χ1n) is 6.83. The molecule has 1 heterocycles. The lowest BCUT2D eigenvalue weighted by Crippen LogP contribution is -2.11. The molecule has 6 heteroatoms. The van der Waals surface area contributed by atoms with Gasteiger partial charge in [-0.1, -0.05) is 25.1 Å². The molecule has 3 rings (SSSR count). The van der Waals surface area contributed by atoms with Gasteiger partial charge in [0.15, 0.2) is 0 Å². The summed E-state index contributed by atoms with van der Waals surface area (Å²) in [6, 6.07) is 13.7. The maximum Gasteiger partial charge on any atom is 0.271 e. The highest BCUT2D eigenvalue weighted by Crippen LogP contribution is 2.30. The number of fused-ring (bicyclic) bond motifs is 1. The standard InChI is InChI=1S/C16H15NO3S2/c1-2-13-8-9-16(21-13)22(19,20)17-15-5-3-4-11-6-7-12(18)10-14(11)15/h3-10,17-18H,2H2,1H3. The monoisotopic (exact) mass is 333 g/mol. The topological polar surface area (TPSA) is 66.4 Å². The Morgan fingerprint density at radius 1 is 1.14 bits per heavy atom. The number of benzene rings is 2. The van der Waals surface area contributed by atoms with E-state index in [0.29, 0.717) is 15.3 Å². The van der Waals surface area contributed by atoms with Gasteiger partial charge in [-0.05, 0) is 42.1 Å². The SMILES string of the molecule is CCc1ccc(S(=O)(=O)Nc2cccc3ccc(O)cc23)s1. The van der Waals surface area contributed by atoms with Gasteiger partial charge in [-0.25, -0.2) is 8.42 Å². The lowest BCUT2D eigenvalue weighted by Gasteiger charge is -2.10. The van der Waals surface area contributed by atoms with Crippen LogP contribution in [0.15, 0.2) is 52.7 Å². The molecule has 0 aliphatic rings. The van der Waals surface area contributed by atoms with Crippen molar-refractivity contribution in [1.29, 1.82) is 0 Å². The molecule has 0 atom stereocenters. The molecular formula is C16H15NO3S2. The van der Waals surface area contributed by atoms with E-state index in [1.807, 2.05) is 19.1 Å². The van der Waals surface area contributed by atoms with Crippen molar-refractivity contribution in [3.8, 4) is 5.75 Å². The summed E-state index contributed by atoms with van der Waals surface area (Å²) in [5.41, 5.74) is 0.458. The summed E-state index contributed by atoms with van der Waals surface area (Å²) in [4.78, 5) is 1.02. The van der Waals surface area contributed by atoms with E-state index in [0.717, 1.165) is 16.7 Å². The summed E-state index contributed by atoms with van der Waals surface area (Å²) in [7, 11) is -3.62. The first kappa shape index (κ1) is 14.9. The summed E-state index contributed by atoms with van der Waals surface area (Å²) < 4.78 is 27.9. The smallest absolute Gasteiger partial charge is 0.271 e. The lowest BCUT2D eigenvalue weighted by molar-refractivity contribution is 0.476. The fourth-order valence-corrected chi connectivity index (χ4v) is 4.61. The fourth-order valence-electron chi connectivity index (χ4n) is 2.24. The Balaban J connectivity index is 2.03. The maximum absolute atomic E-state index is 12.5. The van der Waals surface area contributed by atoms with Crippen LogP contribution in [0.5, 0.6) is 5.75 Å². The van der Waals surface area contributed by atoms with E-state index >= 15 is 0 Å². The second kappa shape index (κ2) is 5.62. The van der Waals surface area contributed by atoms with Crippen LogP contribution in [0.3, 0.4) is 0 Å². The molecule has 0 bridgehead atoms. The zero-order valence-electron chi connectivity index (χ0n) is 11.9. The predicted octanol–water partition coefficient (Wildman–Crippen LogP) is 3.97. The first-order valence-corrected chi connectivity index (χ1v) is 9.13. The predicted molar refractivity (Wildman–Crippen MR) is 90.1 cm³/mol. The van der Waals surface area contributed by atoms with Crippen LogP contribution in [0.1, 0.15) is 11.8 Å². The normalized spacial score (nSPS) is 11.7. The zero-order valence-corrected chi connectivity index (χ0v) is 13.5. The molecule has 0 saturated heterocycles. The Hall–Kier alpha value is -2.05. The van der Waals surface area contributed by atoms with Gasteiger partial charge in [-0.2, -0.15) is 0 Å². The average molecular weight is 333 g/mol. The van der Waals surface area contributed by atoms with Gasteiger partial charge in [-0.3, -0.25) is 4.72 Å². The number of anilines is 1. The second-order valence-corrected chi connectivity index (χ2v) is 7.97. The van der Waals surface area contributed by atoms with Gasteiger partial charge in [0, 0.05) is 10.3 Å². The summed E-state index contributed by atoms with van der Waals surface area (Å²) in [5.74, 6) is 0.101. The highest BCUT2D eigenvalue weighted by molar-refractivity contribution is 7.94. The van der Waals surface area contributed by atoms with Gasteiger partial charge >= 0.3 is 0 Å². The van der Waals surface area contributed by atoms with Crippen LogP contribution in [0.4, 0.5) is 5.69 Å². The number of sulfonamides is 1. The number of rotatable bonds is 4. The molecule has 0 fully saturated rings. The Morgan fingerprint density at radius 2 is 1.95 bits per heavy atom. The third-order valence-corrected chi connectivity index (χ3v) is 6.45. The van der Waals surface area contributed by atoms with Crippen molar-refractivity contribution < 1.29 is 13.5 Å². The van der Waals surface area contributed by atoms with Gasteiger partial charge in [0.05, 0.1) is 5.69 Å². The minimum absolute atomic E-state index is 0.101. The lowest BCUT2D eigenvalue weighted by atomic mass is 10.1. The number of hydrogen-bond donors (Lipinski definition) is 2. The molecule has 4 nitrogen and oxygen atoms in total. The quantitative estimate of drug-likeness (QED) is 0.759. The summed E-state index contributed by atoms with van der Waals surface area (Å²) in [5, 5.41) is 11.2. The molecule has 0 saturated carbocycles. The molecule has 1 aromatic heterocycles. The largest absolute Gasteiger partial charge is 0.508 e. The van der Waals surface area contributed by atoms with Crippen molar-refractivity contribution >= 4 is 37.8 Å². The van der Waals surface area contributed by atoms with Crippen LogP contribution in [0, 0.1) is 0 Å². The van der Waals surface area contributed by atoms with Crippen molar-refractivity contribution in [2.75, 3.05) is 4.72 Å². The van der Waals surface area contributed by atoms with Gasteiger partial charge < -0.3 is 5.11 Å². The summed E-state index contributed by atoms with van der Waals surface area (Å²) in [6.45, 7) is 1.99. The van der Waals surface area contributed by atoms with Crippen molar-refractivity contribution in [3.05, 3.63) is 53.4 Å². The Labute approximate surface area is 133 Å². The van der Waals surface area contributed by atoms with Crippen LogP contribution in [0.25, 0.3) is 10.8 Å². The highest BCUT2D eigenvalue weighted by atomic mass is 32.2. The number of phenols is 1. The van der Waals surface area contributed by atoms with E-state index in [4.69, 9.17) is 0 Å². The number of nitrogens with one attached hydrogen (secondary N) is 1. The molecular weight excluding hydrogens is 318 g/mol. The second-order valence-electron chi connectivity index (χ2n) is 4.89. The van der Waals surface area contributed by atoms with Gasteiger partial charge in [0.1, 0.15) is 9.96 Å². The molecule has 2 N–H and O–H groups in total. The minimum atomic E-state index is -3.62. The number of phenolic OH excluding ortho intramolecular Hbond substituents is 1. The van der Waals surface area contributed by atoms with E-state index in [-0.39, 0.29) is 5.75 Å². The van der Waals surface area contributed by atoms with Crippen LogP contribution >= 0.6 is 11.3 Å². The highest BCUT2D eigenvalue weighted by Gasteiger charge is 2.17. The molecule has 0 amide bonds. The Kier molecular flexibility index (Phi) is 3.80. The molecule has 0 unspecified atom stereocenters. The van der Waals surface area contributed by atoms with Crippen molar-refractivity contribution in [1.82, 2.24) is 0 Å². The van der Waals surface area contributed by atoms with E-state index in [1.54, 1.807) is 36.4 Å². The van der Waals surface area contributed by atoms with E-state index < -0.39 is 10.0 Å². The third-order valence-electron chi connectivity index (χ3n) is 3.36. The van der Waals surface area contributed by atoms with Crippen LogP contribution in [-0.2, 0) is 16.4 Å². The molecule has 114 valence electrons. The number of thiophene rings is 1. The molecule has 2 aromatic carbocycles. The Morgan fingerprint density at radius 3 is 2.68 bits per heavy atom. The molecule has 3 aromatic rings. The van der Waals surface area contributed by atoms with E-state index in [2.05, 4.69) is 4.72 Å². The summed E-state index contributed by atoms with van der Waals surface area (Å²) in [6.07, 6.45) is 0.808. The third kappa shape index (κ3) is 2.80. The average Bonchev–Trinajstić information content (AvgIpc) is 2.97. The minimum Gasteiger partial charge on any atom is -0.508 e. The molecule has 0 radical (unpaired) electrons. The number of aryl methyl sites for hydroxylation is 1. The Bertz CT molecular complexity index is 929. The number of hydrogen-bond acceptors (Lipinski definition) is 4.